The van der Waals surface area contributed by atoms with Gasteiger partial charge in [0.15, 0.2) is 0 Å². The van der Waals surface area contributed by atoms with Gasteiger partial charge in [0.05, 0.1) is 12.0 Å². The number of carbonyl (C=O) groups is 1. The Morgan fingerprint density at radius 2 is 2.06 bits per heavy atom. The molecule has 0 aromatic carbocycles. The van der Waals surface area contributed by atoms with Crippen molar-refractivity contribution >= 4 is 5.97 Å². The highest BCUT2D eigenvalue weighted by molar-refractivity contribution is 5.70. The summed E-state index contributed by atoms with van der Waals surface area (Å²) >= 11 is 0. The van der Waals surface area contributed by atoms with Crippen molar-refractivity contribution in [2.24, 2.45) is 11.8 Å². The van der Waals surface area contributed by atoms with Crippen LogP contribution in [0.25, 0.3) is 0 Å². The molecule has 3 unspecified atom stereocenters. The molecule has 3 atom stereocenters. The van der Waals surface area contributed by atoms with E-state index < -0.39 is 5.97 Å². The molecule has 0 spiro atoms. The van der Waals surface area contributed by atoms with E-state index in [0.29, 0.717) is 12.5 Å². The van der Waals surface area contributed by atoms with Crippen molar-refractivity contribution in [1.82, 2.24) is 0 Å². The third-order valence-corrected chi connectivity index (χ3v) is 3.45. The minimum Gasteiger partial charge on any atom is -0.481 e. The smallest absolute Gasteiger partial charge is 0.309 e. The maximum Gasteiger partial charge on any atom is 0.309 e. The molecule has 1 aliphatic rings. The Labute approximate surface area is 98.2 Å². The molecule has 0 saturated heterocycles. The molecule has 16 heavy (non-hydrogen) atoms. The first kappa shape index (κ1) is 13.5. The molecule has 0 aromatic rings. The summed E-state index contributed by atoms with van der Waals surface area (Å²) in [6, 6.07) is 0. The fraction of sp³-hybridized carbons (Fsp3) is 0.923. The van der Waals surface area contributed by atoms with Gasteiger partial charge in [0, 0.05) is 6.61 Å². The van der Waals surface area contributed by atoms with E-state index in [0.717, 1.165) is 25.7 Å². The summed E-state index contributed by atoms with van der Waals surface area (Å²) in [6.45, 7) is 4.93. The highest BCUT2D eigenvalue weighted by atomic mass is 16.5. The number of carboxylic acid groups (broad SMARTS) is 1. The topological polar surface area (TPSA) is 46.5 Å². The van der Waals surface area contributed by atoms with Crippen molar-refractivity contribution in [3.05, 3.63) is 0 Å². The second kappa shape index (κ2) is 6.89. The van der Waals surface area contributed by atoms with Crippen LogP contribution in [0.1, 0.15) is 52.4 Å². The van der Waals surface area contributed by atoms with Crippen molar-refractivity contribution < 1.29 is 14.6 Å². The Bertz CT molecular complexity index is 215. The number of carboxylic acids is 1. The molecule has 1 rings (SSSR count). The molecule has 94 valence electrons. The Balaban J connectivity index is 2.50. The summed E-state index contributed by atoms with van der Waals surface area (Å²) in [5.41, 5.74) is 0. The lowest BCUT2D eigenvalue weighted by Gasteiger charge is -2.33. The van der Waals surface area contributed by atoms with Gasteiger partial charge in [-0.3, -0.25) is 4.79 Å². The number of aliphatic carboxylic acids is 1. The van der Waals surface area contributed by atoms with Crippen molar-refractivity contribution in [2.75, 3.05) is 6.61 Å². The van der Waals surface area contributed by atoms with Gasteiger partial charge >= 0.3 is 5.97 Å². The zero-order valence-corrected chi connectivity index (χ0v) is 10.4. The van der Waals surface area contributed by atoms with Gasteiger partial charge in [-0.05, 0) is 31.6 Å². The summed E-state index contributed by atoms with van der Waals surface area (Å²) in [7, 11) is 0. The summed E-state index contributed by atoms with van der Waals surface area (Å²) < 4.78 is 5.70. The van der Waals surface area contributed by atoms with Gasteiger partial charge in [-0.15, -0.1) is 0 Å². The number of hydrogen-bond donors (Lipinski definition) is 1. The molecule has 0 aliphatic heterocycles. The average molecular weight is 228 g/mol. The molecule has 0 bridgehead atoms. The first-order valence-electron chi connectivity index (χ1n) is 6.53. The quantitative estimate of drug-likeness (QED) is 0.760. The van der Waals surface area contributed by atoms with Crippen LogP contribution in [0.3, 0.4) is 0 Å². The second-order valence-electron chi connectivity index (χ2n) is 4.82. The molecule has 0 amide bonds. The summed E-state index contributed by atoms with van der Waals surface area (Å²) in [6.07, 6.45) is 6.07. The van der Waals surface area contributed by atoms with E-state index in [4.69, 9.17) is 9.84 Å². The van der Waals surface area contributed by atoms with E-state index in [9.17, 15) is 4.79 Å². The van der Waals surface area contributed by atoms with Crippen molar-refractivity contribution in [3.8, 4) is 0 Å². The molecule has 0 radical (unpaired) electrons. The van der Waals surface area contributed by atoms with Crippen LogP contribution < -0.4 is 0 Å². The highest BCUT2D eigenvalue weighted by Crippen LogP contribution is 2.33. The third-order valence-electron chi connectivity index (χ3n) is 3.45. The van der Waals surface area contributed by atoms with Crippen molar-refractivity contribution in [3.63, 3.8) is 0 Å². The molecule has 1 fully saturated rings. The van der Waals surface area contributed by atoms with Crippen molar-refractivity contribution in [2.45, 2.75) is 58.5 Å². The summed E-state index contributed by atoms with van der Waals surface area (Å²) in [5, 5.41) is 9.14. The van der Waals surface area contributed by atoms with Crippen LogP contribution in [0.2, 0.25) is 0 Å². The van der Waals surface area contributed by atoms with Crippen LogP contribution in [0, 0.1) is 11.8 Å². The molecule has 1 aliphatic carbocycles. The lowest BCUT2D eigenvalue weighted by atomic mass is 9.78. The Kier molecular flexibility index (Phi) is 5.81. The minimum absolute atomic E-state index is 0.0530. The predicted molar refractivity (Wildman–Crippen MR) is 63.4 cm³/mol. The van der Waals surface area contributed by atoms with Crippen LogP contribution in [-0.4, -0.2) is 23.8 Å². The van der Waals surface area contributed by atoms with Gasteiger partial charge < -0.3 is 9.84 Å². The molecular formula is C13H24O3. The summed E-state index contributed by atoms with van der Waals surface area (Å²) in [4.78, 5) is 11.1. The SMILES string of the molecule is CCCOC1CC(CCC)CCC1C(=O)O. The van der Waals surface area contributed by atoms with Gasteiger partial charge in [0.1, 0.15) is 0 Å². The largest absolute Gasteiger partial charge is 0.481 e. The van der Waals surface area contributed by atoms with Crippen LogP contribution in [0.4, 0.5) is 0 Å². The first-order chi connectivity index (χ1) is 7.69. The predicted octanol–water partition coefficient (Wildman–Crippen LogP) is 3.08. The molecule has 3 heteroatoms. The van der Waals surface area contributed by atoms with E-state index in [1.807, 2.05) is 0 Å². The summed E-state index contributed by atoms with van der Waals surface area (Å²) in [5.74, 6) is -0.293. The second-order valence-corrected chi connectivity index (χ2v) is 4.82. The van der Waals surface area contributed by atoms with E-state index in [2.05, 4.69) is 13.8 Å². The number of hydrogen-bond acceptors (Lipinski definition) is 2. The van der Waals surface area contributed by atoms with Gasteiger partial charge in [-0.1, -0.05) is 26.7 Å². The highest BCUT2D eigenvalue weighted by Gasteiger charge is 2.35. The van der Waals surface area contributed by atoms with Crippen LogP contribution in [0.5, 0.6) is 0 Å². The van der Waals surface area contributed by atoms with E-state index in [1.54, 1.807) is 0 Å². The molecule has 1 saturated carbocycles. The number of ether oxygens (including phenoxy) is 1. The Morgan fingerprint density at radius 3 is 2.62 bits per heavy atom. The molecule has 1 N–H and O–H groups in total. The third kappa shape index (κ3) is 3.78. The van der Waals surface area contributed by atoms with Gasteiger partial charge in [-0.25, -0.2) is 0 Å². The van der Waals surface area contributed by atoms with Crippen molar-refractivity contribution in [1.29, 1.82) is 0 Å². The molecule has 0 aromatic heterocycles. The van der Waals surface area contributed by atoms with Crippen LogP contribution in [-0.2, 0) is 9.53 Å². The fourth-order valence-electron chi connectivity index (χ4n) is 2.62. The zero-order chi connectivity index (χ0) is 12.0. The fourth-order valence-corrected chi connectivity index (χ4v) is 2.62. The van der Waals surface area contributed by atoms with Gasteiger partial charge in [0.25, 0.3) is 0 Å². The normalized spacial score (nSPS) is 30.2. The average Bonchev–Trinajstić information content (AvgIpc) is 2.26. The Morgan fingerprint density at radius 1 is 1.31 bits per heavy atom. The lowest BCUT2D eigenvalue weighted by molar-refractivity contribution is -0.151. The van der Waals surface area contributed by atoms with E-state index in [1.165, 1.54) is 12.8 Å². The van der Waals surface area contributed by atoms with Crippen LogP contribution >= 0.6 is 0 Å². The van der Waals surface area contributed by atoms with Crippen LogP contribution in [0.15, 0.2) is 0 Å². The van der Waals surface area contributed by atoms with E-state index in [-0.39, 0.29) is 12.0 Å². The lowest BCUT2D eigenvalue weighted by Crippen LogP contribution is -2.37. The first-order valence-corrected chi connectivity index (χ1v) is 6.53. The monoisotopic (exact) mass is 228 g/mol. The van der Waals surface area contributed by atoms with Gasteiger partial charge in [-0.2, -0.15) is 0 Å². The maximum absolute atomic E-state index is 11.1. The minimum atomic E-state index is -0.684. The maximum atomic E-state index is 11.1. The zero-order valence-electron chi connectivity index (χ0n) is 10.4. The number of rotatable bonds is 6. The van der Waals surface area contributed by atoms with Gasteiger partial charge in [0.2, 0.25) is 0 Å². The Hall–Kier alpha value is -0.570. The van der Waals surface area contributed by atoms with E-state index >= 15 is 0 Å². The molecule has 0 heterocycles. The molecule has 3 nitrogen and oxygen atoms in total. The standard InChI is InChI=1S/C13H24O3/c1-3-5-10-6-7-11(13(14)15)12(9-10)16-8-4-2/h10-12H,3-9H2,1-2H3,(H,14,15). The molecular weight excluding hydrogens is 204 g/mol.